The van der Waals surface area contributed by atoms with Crippen molar-refractivity contribution in [2.75, 3.05) is 13.1 Å². The molecule has 1 amide bonds. The van der Waals surface area contributed by atoms with Crippen molar-refractivity contribution in [1.82, 2.24) is 10.6 Å². The standard InChI is InChI=1S/C14H26N2O3/c1-4-13(8-7-9-15-10-13)11(17)16-14(5-2,6-3)12(18)19/h15H,4-10H2,1-3H3,(H,16,17)(H,18,19). The lowest BCUT2D eigenvalue weighted by Crippen LogP contribution is -2.60. The van der Waals surface area contributed by atoms with Gasteiger partial charge in [-0.2, -0.15) is 0 Å². The van der Waals surface area contributed by atoms with Gasteiger partial charge in [-0.15, -0.1) is 0 Å². The Bertz CT molecular complexity index is 332. The third kappa shape index (κ3) is 3.08. The van der Waals surface area contributed by atoms with Crippen molar-refractivity contribution in [3.05, 3.63) is 0 Å². The SMILES string of the molecule is CCC1(C(=O)NC(CC)(CC)C(=O)O)CCCNC1. The maximum absolute atomic E-state index is 12.6. The Morgan fingerprint density at radius 2 is 1.95 bits per heavy atom. The van der Waals surface area contributed by atoms with Crippen LogP contribution in [0.4, 0.5) is 0 Å². The highest BCUT2D eigenvalue weighted by Gasteiger charge is 2.44. The molecule has 1 aliphatic rings. The normalized spacial score (nSPS) is 23.9. The van der Waals surface area contributed by atoms with Crippen LogP contribution < -0.4 is 10.6 Å². The molecule has 0 spiro atoms. The molecule has 1 aliphatic heterocycles. The van der Waals surface area contributed by atoms with Gasteiger partial charge in [-0.3, -0.25) is 4.79 Å². The number of carboxylic acid groups (broad SMARTS) is 1. The Kier molecular flexibility index (Phi) is 5.35. The summed E-state index contributed by atoms with van der Waals surface area (Å²) in [5, 5.41) is 15.5. The van der Waals surface area contributed by atoms with E-state index in [0.717, 1.165) is 25.8 Å². The Balaban J connectivity index is 2.89. The van der Waals surface area contributed by atoms with E-state index in [1.54, 1.807) is 13.8 Å². The summed E-state index contributed by atoms with van der Waals surface area (Å²) in [5.74, 6) is -1.06. The molecule has 5 nitrogen and oxygen atoms in total. The van der Waals surface area contributed by atoms with E-state index >= 15 is 0 Å². The molecule has 0 aromatic heterocycles. The lowest BCUT2D eigenvalue weighted by molar-refractivity contribution is -0.150. The molecular formula is C14H26N2O3. The summed E-state index contributed by atoms with van der Waals surface area (Å²) in [6.45, 7) is 7.16. The van der Waals surface area contributed by atoms with Crippen LogP contribution in [0.15, 0.2) is 0 Å². The topological polar surface area (TPSA) is 78.4 Å². The maximum Gasteiger partial charge on any atom is 0.329 e. The minimum absolute atomic E-state index is 0.117. The van der Waals surface area contributed by atoms with Crippen LogP contribution in [0.25, 0.3) is 0 Å². The van der Waals surface area contributed by atoms with E-state index < -0.39 is 16.9 Å². The summed E-state index contributed by atoms with van der Waals surface area (Å²) in [4.78, 5) is 24.0. The third-order valence-corrected chi connectivity index (χ3v) is 4.60. The van der Waals surface area contributed by atoms with E-state index in [1.807, 2.05) is 6.92 Å². The summed E-state index contributed by atoms with van der Waals surface area (Å²) in [6.07, 6.45) is 3.32. The Labute approximate surface area is 115 Å². The van der Waals surface area contributed by atoms with Gasteiger partial charge in [0.15, 0.2) is 0 Å². The molecule has 0 aromatic carbocycles. The van der Waals surface area contributed by atoms with E-state index in [2.05, 4.69) is 10.6 Å². The first kappa shape index (κ1) is 16.0. The lowest BCUT2D eigenvalue weighted by Gasteiger charge is -2.39. The van der Waals surface area contributed by atoms with Crippen molar-refractivity contribution in [3.63, 3.8) is 0 Å². The van der Waals surface area contributed by atoms with Crippen LogP contribution >= 0.6 is 0 Å². The first-order valence-corrected chi connectivity index (χ1v) is 7.23. The molecule has 0 bridgehead atoms. The largest absolute Gasteiger partial charge is 0.480 e. The van der Waals surface area contributed by atoms with Gasteiger partial charge in [-0.25, -0.2) is 4.79 Å². The van der Waals surface area contributed by atoms with E-state index in [-0.39, 0.29) is 5.91 Å². The lowest BCUT2D eigenvalue weighted by atomic mass is 9.76. The molecule has 0 aliphatic carbocycles. The second kappa shape index (κ2) is 6.37. The van der Waals surface area contributed by atoms with E-state index in [4.69, 9.17) is 0 Å². The van der Waals surface area contributed by atoms with Crippen LogP contribution in [0.3, 0.4) is 0 Å². The fourth-order valence-electron chi connectivity index (χ4n) is 2.76. The number of nitrogens with one attached hydrogen (secondary N) is 2. The molecule has 1 atom stereocenters. The molecule has 0 radical (unpaired) electrons. The van der Waals surface area contributed by atoms with Gasteiger partial charge in [0.2, 0.25) is 5.91 Å². The first-order valence-electron chi connectivity index (χ1n) is 7.23. The molecule has 0 aromatic rings. The smallest absolute Gasteiger partial charge is 0.329 e. The second-order valence-corrected chi connectivity index (χ2v) is 5.46. The number of amides is 1. The Morgan fingerprint density at radius 1 is 1.32 bits per heavy atom. The fourth-order valence-corrected chi connectivity index (χ4v) is 2.76. The molecular weight excluding hydrogens is 244 g/mol. The molecule has 5 heteroatoms. The van der Waals surface area contributed by atoms with Crippen LogP contribution in [-0.4, -0.2) is 35.6 Å². The summed E-state index contributed by atoms with van der Waals surface area (Å²) in [5.41, 5.74) is -1.58. The van der Waals surface area contributed by atoms with Crippen LogP contribution in [0, 0.1) is 5.41 Å². The summed E-state index contributed by atoms with van der Waals surface area (Å²) in [7, 11) is 0. The van der Waals surface area contributed by atoms with Gasteiger partial charge in [0.05, 0.1) is 5.41 Å². The average molecular weight is 270 g/mol. The molecule has 110 valence electrons. The molecule has 1 unspecified atom stereocenters. The average Bonchev–Trinajstić information content (AvgIpc) is 2.44. The van der Waals surface area contributed by atoms with Gasteiger partial charge in [0.1, 0.15) is 5.54 Å². The first-order chi connectivity index (χ1) is 8.96. The monoisotopic (exact) mass is 270 g/mol. The van der Waals surface area contributed by atoms with Gasteiger partial charge in [-0.1, -0.05) is 20.8 Å². The highest BCUT2D eigenvalue weighted by atomic mass is 16.4. The molecule has 3 N–H and O–H groups in total. The number of carbonyl (C=O) groups excluding carboxylic acids is 1. The minimum Gasteiger partial charge on any atom is -0.480 e. The van der Waals surface area contributed by atoms with Crippen molar-refractivity contribution in [2.45, 2.75) is 58.4 Å². The van der Waals surface area contributed by atoms with Crippen molar-refractivity contribution in [1.29, 1.82) is 0 Å². The van der Waals surface area contributed by atoms with Crippen LogP contribution in [-0.2, 0) is 9.59 Å². The van der Waals surface area contributed by atoms with E-state index in [9.17, 15) is 14.7 Å². The number of piperidine rings is 1. The van der Waals surface area contributed by atoms with Gasteiger partial charge in [0.25, 0.3) is 0 Å². The molecule has 1 heterocycles. The zero-order valence-electron chi connectivity index (χ0n) is 12.2. The zero-order valence-corrected chi connectivity index (χ0v) is 12.2. The number of aliphatic carboxylic acids is 1. The number of hydrogen-bond acceptors (Lipinski definition) is 3. The minimum atomic E-state index is -1.13. The highest BCUT2D eigenvalue weighted by Crippen LogP contribution is 2.31. The highest BCUT2D eigenvalue weighted by molar-refractivity contribution is 5.90. The molecule has 1 fully saturated rings. The maximum atomic E-state index is 12.6. The molecule has 1 rings (SSSR count). The van der Waals surface area contributed by atoms with Crippen molar-refractivity contribution in [2.24, 2.45) is 5.41 Å². The van der Waals surface area contributed by atoms with Crippen LogP contribution in [0.2, 0.25) is 0 Å². The summed E-state index contributed by atoms with van der Waals surface area (Å²) >= 11 is 0. The third-order valence-electron chi connectivity index (χ3n) is 4.60. The van der Waals surface area contributed by atoms with Gasteiger partial charge in [0, 0.05) is 6.54 Å². The van der Waals surface area contributed by atoms with E-state index in [1.165, 1.54) is 0 Å². The predicted octanol–water partition coefficient (Wildman–Crippen LogP) is 1.53. The zero-order chi connectivity index (χ0) is 14.5. The second-order valence-electron chi connectivity index (χ2n) is 5.46. The molecule has 0 saturated carbocycles. The number of carbonyl (C=O) groups is 2. The Hall–Kier alpha value is -1.10. The van der Waals surface area contributed by atoms with Gasteiger partial charge >= 0.3 is 5.97 Å². The summed E-state index contributed by atoms with van der Waals surface area (Å²) in [6, 6.07) is 0. The van der Waals surface area contributed by atoms with Crippen molar-refractivity contribution in [3.8, 4) is 0 Å². The van der Waals surface area contributed by atoms with E-state index in [0.29, 0.717) is 19.4 Å². The fraction of sp³-hybridized carbons (Fsp3) is 0.857. The predicted molar refractivity (Wildman–Crippen MR) is 73.9 cm³/mol. The van der Waals surface area contributed by atoms with Gasteiger partial charge < -0.3 is 15.7 Å². The number of hydrogen-bond donors (Lipinski definition) is 3. The van der Waals surface area contributed by atoms with Gasteiger partial charge in [-0.05, 0) is 38.6 Å². The molecule has 1 saturated heterocycles. The quantitative estimate of drug-likeness (QED) is 0.684. The number of rotatable bonds is 6. The Morgan fingerprint density at radius 3 is 2.32 bits per heavy atom. The van der Waals surface area contributed by atoms with Crippen LogP contribution in [0.5, 0.6) is 0 Å². The van der Waals surface area contributed by atoms with Crippen molar-refractivity contribution < 1.29 is 14.7 Å². The molecule has 19 heavy (non-hydrogen) atoms. The number of carboxylic acids is 1. The van der Waals surface area contributed by atoms with Crippen LogP contribution in [0.1, 0.15) is 52.9 Å². The summed E-state index contributed by atoms with van der Waals surface area (Å²) < 4.78 is 0. The van der Waals surface area contributed by atoms with Crippen molar-refractivity contribution >= 4 is 11.9 Å².